The SMILES string of the molecule is Cc1cn[nH]c1NC(=O)Cc1ccc2ccccc2c1. The lowest BCUT2D eigenvalue weighted by Crippen LogP contribution is -2.15. The number of benzene rings is 2. The van der Waals surface area contributed by atoms with Crippen molar-refractivity contribution in [1.29, 1.82) is 0 Å². The van der Waals surface area contributed by atoms with E-state index < -0.39 is 0 Å². The van der Waals surface area contributed by atoms with Gasteiger partial charge >= 0.3 is 0 Å². The van der Waals surface area contributed by atoms with Crippen molar-refractivity contribution in [3.05, 3.63) is 59.8 Å². The normalized spacial score (nSPS) is 10.7. The Labute approximate surface area is 116 Å². The van der Waals surface area contributed by atoms with Crippen molar-refractivity contribution in [3.63, 3.8) is 0 Å². The first-order valence-corrected chi connectivity index (χ1v) is 6.50. The maximum atomic E-state index is 12.0. The van der Waals surface area contributed by atoms with Gasteiger partial charge in [0.1, 0.15) is 5.82 Å². The molecule has 2 aromatic carbocycles. The Morgan fingerprint density at radius 3 is 2.75 bits per heavy atom. The van der Waals surface area contributed by atoms with Crippen LogP contribution in [0, 0.1) is 6.92 Å². The summed E-state index contributed by atoms with van der Waals surface area (Å²) in [6, 6.07) is 14.2. The second kappa shape index (κ2) is 5.17. The maximum Gasteiger partial charge on any atom is 0.229 e. The van der Waals surface area contributed by atoms with Gasteiger partial charge in [-0.25, -0.2) is 0 Å². The molecule has 4 nitrogen and oxygen atoms in total. The minimum absolute atomic E-state index is 0.0485. The van der Waals surface area contributed by atoms with E-state index in [1.807, 2.05) is 31.2 Å². The molecular formula is C16H15N3O. The van der Waals surface area contributed by atoms with Gasteiger partial charge in [0, 0.05) is 5.56 Å². The molecule has 2 N–H and O–H groups in total. The molecule has 1 heterocycles. The largest absolute Gasteiger partial charge is 0.311 e. The number of amides is 1. The molecule has 0 radical (unpaired) electrons. The van der Waals surface area contributed by atoms with E-state index in [4.69, 9.17) is 0 Å². The number of aromatic amines is 1. The van der Waals surface area contributed by atoms with Crippen molar-refractivity contribution in [2.75, 3.05) is 5.32 Å². The molecule has 20 heavy (non-hydrogen) atoms. The fourth-order valence-electron chi connectivity index (χ4n) is 2.19. The number of fused-ring (bicyclic) bond motifs is 1. The third-order valence-electron chi connectivity index (χ3n) is 3.27. The van der Waals surface area contributed by atoms with Gasteiger partial charge in [0.15, 0.2) is 0 Å². The van der Waals surface area contributed by atoms with Crippen molar-refractivity contribution < 1.29 is 4.79 Å². The van der Waals surface area contributed by atoms with Gasteiger partial charge in [0.25, 0.3) is 0 Å². The van der Waals surface area contributed by atoms with E-state index in [1.54, 1.807) is 6.20 Å². The average molecular weight is 265 g/mol. The van der Waals surface area contributed by atoms with Crippen LogP contribution in [-0.4, -0.2) is 16.1 Å². The van der Waals surface area contributed by atoms with Crippen LogP contribution in [0.1, 0.15) is 11.1 Å². The van der Waals surface area contributed by atoms with Gasteiger partial charge in [-0.3, -0.25) is 9.89 Å². The Balaban J connectivity index is 1.75. The summed E-state index contributed by atoms with van der Waals surface area (Å²) in [5.74, 6) is 0.614. The highest BCUT2D eigenvalue weighted by molar-refractivity contribution is 5.93. The summed E-state index contributed by atoms with van der Waals surface area (Å²) in [4.78, 5) is 12.0. The molecule has 0 bridgehead atoms. The van der Waals surface area contributed by atoms with Crippen LogP contribution in [0.5, 0.6) is 0 Å². The Morgan fingerprint density at radius 2 is 2.00 bits per heavy atom. The summed E-state index contributed by atoms with van der Waals surface area (Å²) in [6.45, 7) is 1.90. The number of aromatic nitrogens is 2. The lowest BCUT2D eigenvalue weighted by atomic mass is 10.0. The van der Waals surface area contributed by atoms with Gasteiger partial charge in [-0.05, 0) is 23.3 Å². The summed E-state index contributed by atoms with van der Waals surface area (Å²) in [5, 5.41) is 11.8. The van der Waals surface area contributed by atoms with Crippen molar-refractivity contribution in [2.45, 2.75) is 13.3 Å². The Bertz CT molecular complexity index is 761. The van der Waals surface area contributed by atoms with Gasteiger partial charge in [-0.2, -0.15) is 5.10 Å². The molecule has 0 fully saturated rings. The number of carbonyl (C=O) groups is 1. The van der Waals surface area contributed by atoms with Crippen LogP contribution >= 0.6 is 0 Å². The van der Waals surface area contributed by atoms with Gasteiger partial charge in [0.2, 0.25) is 5.91 Å². The Kier molecular flexibility index (Phi) is 3.21. The summed E-state index contributed by atoms with van der Waals surface area (Å²) in [7, 11) is 0. The molecule has 0 aliphatic rings. The quantitative estimate of drug-likeness (QED) is 0.764. The number of anilines is 1. The van der Waals surface area contributed by atoms with Crippen LogP contribution in [0.15, 0.2) is 48.7 Å². The number of aryl methyl sites for hydroxylation is 1. The highest BCUT2D eigenvalue weighted by atomic mass is 16.1. The number of nitrogens with one attached hydrogen (secondary N) is 2. The zero-order chi connectivity index (χ0) is 13.9. The number of nitrogens with zero attached hydrogens (tertiary/aromatic N) is 1. The smallest absolute Gasteiger partial charge is 0.229 e. The van der Waals surface area contributed by atoms with Crippen LogP contribution in [0.2, 0.25) is 0 Å². The maximum absolute atomic E-state index is 12.0. The van der Waals surface area contributed by atoms with E-state index in [2.05, 4.69) is 33.7 Å². The third-order valence-corrected chi connectivity index (χ3v) is 3.27. The zero-order valence-electron chi connectivity index (χ0n) is 11.2. The number of hydrogen-bond donors (Lipinski definition) is 2. The summed E-state index contributed by atoms with van der Waals surface area (Å²) < 4.78 is 0. The Morgan fingerprint density at radius 1 is 1.20 bits per heavy atom. The molecule has 0 atom stereocenters. The van der Waals surface area contributed by atoms with Gasteiger partial charge in [-0.15, -0.1) is 0 Å². The monoisotopic (exact) mass is 265 g/mol. The number of H-pyrrole nitrogens is 1. The minimum atomic E-state index is -0.0485. The standard InChI is InChI=1S/C16H15N3O/c1-11-10-17-19-16(11)18-15(20)9-12-6-7-13-4-2-3-5-14(13)8-12/h2-8,10H,9H2,1H3,(H2,17,18,19,20). The van der Waals surface area contributed by atoms with Crippen molar-refractivity contribution >= 4 is 22.5 Å². The van der Waals surface area contributed by atoms with E-state index in [9.17, 15) is 4.79 Å². The predicted octanol–water partition coefficient (Wildman–Crippen LogP) is 3.05. The van der Waals surface area contributed by atoms with Crippen LogP contribution in [-0.2, 0) is 11.2 Å². The third kappa shape index (κ3) is 2.54. The highest BCUT2D eigenvalue weighted by Gasteiger charge is 2.07. The average Bonchev–Trinajstić information content (AvgIpc) is 2.84. The molecule has 1 amide bonds. The van der Waals surface area contributed by atoms with Gasteiger partial charge < -0.3 is 5.32 Å². The van der Waals surface area contributed by atoms with Crippen LogP contribution in [0.4, 0.5) is 5.82 Å². The van der Waals surface area contributed by atoms with Crippen LogP contribution < -0.4 is 5.32 Å². The summed E-state index contributed by atoms with van der Waals surface area (Å²) >= 11 is 0. The molecular weight excluding hydrogens is 250 g/mol. The van der Waals surface area contributed by atoms with Gasteiger partial charge in [-0.1, -0.05) is 42.5 Å². The van der Waals surface area contributed by atoms with E-state index in [1.165, 1.54) is 5.39 Å². The predicted molar refractivity (Wildman–Crippen MR) is 79.6 cm³/mol. The molecule has 1 aromatic heterocycles. The van der Waals surface area contributed by atoms with Crippen molar-refractivity contribution in [3.8, 4) is 0 Å². The first kappa shape index (κ1) is 12.4. The van der Waals surface area contributed by atoms with E-state index in [0.717, 1.165) is 16.5 Å². The van der Waals surface area contributed by atoms with E-state index in [-0.39, 0.29) is 5.91 Å². The molecule has 100 valence electrons. The number of carbonyl (C=O) groups excluding carboxylic acids is 1. The summed E-state index contributed by atoms with van der Waals surface area (Å²) in [6.07, 6.45) is 2.04. The second-order valence-corrected chi connectivity index (χ2v) is 4.83. The summed E-state index contributed by atoms with van der Waals surface area (Å²) in [5.41, 5.74) is 1.93. The lowest BCUT2D eigenvalue weighted by molar-refractivity contribution is -0.115. The zero-order valence-corrected chi connectivity index (χ0v) is 11.2. The second-order valence-electron chi connectivity index (χ2n) is 4.83. The fourth-order valence-corrected chi connectivity index (χ4v) is 2.19. The first-order chi connectivity index (χ1) is 9.72. The first-order valence-electron chi connectivity index (χ1n) is 6.50. The molecule has 0 unspecified atom stereocenters. The molecule has 4 heteroatoms. The van der Waals surface area contributed by atoms with Crippen molar-refractivity contribution in [2.24, 2.45) is 0 Å². The number of rotatable bonds is 3. The van der Waals surface area contributed by atoms with E-state index in [0.29, 0.717) is 12.2 Å². The Hall–Kier alpha value is -2.62. The minimum Gasteiger partial charge on any atom is -0.311 e. The molecule has 0 saturated carbocycles. The molecule has 0 spiro atoms. The lowest BCUT2D eigenvalue weighted by Gasteiger charge is -2.05. The van der Waals surface area contributed by atoms with Crippen molar-refractivity contribution in [1.82, 2.24) is 10.2 Å². The molecule has 0 saturated heterocycles. The molecule has 0 aliphatic carbocycles. The molecule has 3 rings (SSSR count). The van der Waals surface area contributed by atoms with Crippen LogP contribution in [0.3, 0.4) is 0 Å². The van der Waals surface area contributed by atoms with Crippen LogP contribution in [0.25, 0.3) is 10.8 Å². The number of hydrogen-bond acceptors (Lipinski definition) is 2. The van der Waals surface area contributed by atoms with E-state index >= 15 is 0 Å². The topological polar surface area (TPSA) is 57.8 Å². The van der Waals surface area contributed by atoms with Gasteiger partial charge in [0.05, 0.1) is 12.6 Å². The highest BCUT2D eigenvalue weighted by Crippen LogP contribution is 2.16. The molecule has 3 aromatic rings. The molecule has 0 aliphatic heterocycles. The fraction of sp³-hybridized carbons (Fsp3) is 0.125.